The van der Waals surface area contributed by atoms with Crippen molar-refractivity contribution in [2.45, 2.75) is 69.7 Å². The van der Waals surface area contributed by atoms with Crippen molar-refractivity contribution in [3.05, 3.63) is 47.5 Å². The predicted molar refractivity (Wildman–Crippen MR) is 163 cm³/mol. The zero-order chi connectivity index (χ0) is 29.9. The molecule has 1 aromatic carbocycles. The van der Waals surface area contributed by atoms with E-state index >= 15 is 0 Å². The second kappa shape index (κ2) is 10.8. The molecule has 1 spiro atoms. The summed E-state index contributed by atoms with van der Waals surface area (Å²) in [6, 6.07) is 8.61. The van der Waals surface area contributed by atoms with Gasteiger partial charge in [0.2, 0.25) is 0 Å². The van der Waals surface area contributed by atoms with Crippen molar-refractivity contribution in [3.8, 4) is 5.69 Å². The minimum atomic E-state index is -4.02. The molecule has 0 unspecified atom stereocenters. The van der Waals surface area contributed by atoms with Crippen molar-refractivity contribution in [2.24, 2.45) is 5.41 Å². The molecule has 2 saturated heterocycles. The van der Waals surface area contributed by atoms with Crippen LogP contribution in [0.25, 0.3) is 16.7 Å². The Kier molecular flexibility index (Phi) is 7.21. The van der Waals surface area contributed by atoms with Crippen LogP contribution in [0.3, 0.4) is 0 Å². The molecular formula is C31H40FN7O3S. The SMILES string of the molecule is CN(C)S(=O)(=O)NC(=O)c1cc(N2CCC3(CC2)CCN(C2CC2)CC3)c2c(C3CCC3)nn(-c3ccc(F)cc3)c2n1. The molecule has 43 heavy (non-hydrogen) atoms. The lowest BCUT2D eigenvalue weighted by Gasteiger charge is -2.47. The van der Waals surface area contributed by atoms with E-state index in [4.69, 9.17) is 10.1 Å². The number of benzene rings is 1. The average molecular weight is 610 g/mol. The molecule has 2 aromatic heterocycles. The number of hydrogen-bond donors (Lipinski definition) is 1. The van der Waals surface area contributed by atoms with Gasteiger partial charge in [-0.2, -0.15) is 17.8 Å². The van der Waals surface area contributed by atoms with Gasteiger partial charge in [0.15, 0.2) is 5.65 Å². The summed E-state index contributed by atoms with van der Waals surface area (Å²) >= 11 is 0. The van der Waals surface area contributed by atoms with Crippen LogP contribution in [-0.4, -0.2) is 84.6 Å². The minimum absolute atomic E-state index is 0.00868. The van der Waals surface area contributed by atoms with Crippen molar-refractivity contribution >= 4 is 32.8 Å². The van der Waals surface area contributed by atoms with E-state index < -0.39 is 16.1 Å². The predicted octanol–water partition coefficient (Wildman–Crippen LogP) is 4.21. The van der Waals surface area contributed by atoms with Crippen LogP contribution in [0.15, 0.2) is 30.3 Å². The van der Waals surface area contributed by atoms with Crippen molar-refractivity contribution < 1.29 is 17.6 Å². The zero-order valence-electron chi connectivity index (χ0n) is 24.9. The Morgan fingerprint density at radius 2 is 1.65 bits per heavy atom. The molecule has 230 valence electrons. The Balaban J connectivity index is 1.29. The standard InChI is InChI=1S/C31H40FN7O3S/c1-36(2)43(41,42)35-30(40)25-20-26(38-18-14-31(15-19-38)12-16-37(17-13-31)23-10-11-23)27-28(21-4-3-5-21)34-39(29(27)33-25)24-8-6-22(32)7-9-24/h6-9,20-21,23H,3-5,10-19H2,1-2H3,(H,35,40). The largest absolute Gasteiger partial charge is 0.371 e. The van der Waals surface area contributed by atoms with Crippen molar-refractivity contribution in [2.75, 3.05) is 45.2 Å². The third-order valence-electron chi connectivity index (χ3n) is 10.2. The molecule has 2 aliphatic heterocycles. The summed E-state index contributed by atoms with van der Waals surface area (Å²) in [7, 11) is -1.29. The van der Waals surface area contributed by atoms with E-state index in [1.165, 1.54) is 65.0 Å². The lowest BCUT2D eigenvalue weighted by Crippen LogP contribution is -2.47. The van der Waals surface area contributed by atoms with Crippen LogP contribution in [0.2, 0.25) is 0 Å². The number of piperidine rings is 2. The Hall–Kier alpha value is -3.09. The quantitative estimate of drug-likeness (QED) is 0.428. The fourth-order valence-electron chi connectivity index (χ4n) is 7.00. The van der Waals surface area contributed by atoms with Crippen LogP contribution in [0.5, 0.6) is 0 Å². The number of carbonyl (C=O) groups excluding carboxylic acids is 1. The van der Waals surface area contributed by atoms with E-state index in [1.807, 2.05) is 0 Å². The smallest absolute Gasteiger partial charge is 0.303 e. The number of nitrogens with zero attached hydrogens (tertiary/aromatic N) is 6. The summed E-state index contributed by atoms with van der Waals surface area (Å²) in [4.78, 5) is 23.1. The Morgan fingerprint density at radius 1 is 1.00 bits per heavy atom. The number of hydrogen-bond acceptors (Lipinski definition) is 7. The van der Waals surface area contributed by atoms with Gasteiger partial charge < -0.3 is 9.80 Å². The van der Waals surface area contributed by atoms with Crippen LogP contribution in [-0.2, 0) is 10.2 Å². The molecule has 2 aliphatic carbocycles. The summed E-state index contributed by atoms with van der Waals surface area (Å²) < 4.78 is 43.8. The number of rotatable bonds is 7. The monoisotopic (exact) mass is 609 g/mol. The molecule has 1 amide bonds. The number of fused-ring (bicyclic) bond motifs is 1. The van der Waals surface area contributed by atoms with E-state index in [9.17, 15) is 17.6 Å². The third-order valence-corrected chi connectivity index (χ3v) is 11.6. The third kappa shape index (κ3) is 5.42. The van der Waals surface area contributed by atoms with Crippen molar-refractivity contribution in [1.82, 2.24) is 28.7 Å². The van der Waals surface area contributed by atoms with Crippen molar-refractivity contribution in [1.29, 1.82) is 0 Å². The number of halogens is 1. The maximum Gasteiger partial charge on any atom is 0.303 e. The summed E-state index contributed by atoms with van der Waals surface area (Å²) in [6.45, 7) is 4.08. The molecule has 2 saturated carbocycles. The van der Waals surface area contributed by atoms with Gasteiger partial charge in [0.25, 0.3) is 5.91 Å². The molecule has 0 bridgehead atoms. The number of amides is 1. The normalized spacial score (nSPS) is 21.4. The number of carbonyl (C=O) groups is 1. The van der Waals surface area contributed by atoms with Gasteiger partial charge in [0, 0.05) is 39.1 Å². The van der Waals surface area contributed by atoms with Crippen LogP contribution in [0.1, 0.15) is 79.9 Å². The van der Waals surface area contributed by atoms with Gasteiger partial charge in [0.1, 0.15) is 11.5 Å². The van der Waals surface area contributed by atoms with E-state index in [1.54, 1.807) is 22.9 Å². The van der Waals surface area contributed by atoms with Gasteiger partial charge in [-0.15, -0.1) is 0 Å². The first-order valence-electron chi connectivity index (χ1n) is 15.6. The molecular weight excluding hydrogens is 569 g/mol. The summed E-state index contributed by atoms with van der Waals surface area (Å²) in [5.41, 5.74) is 3.29. The first-order chi connectivity index (χ1) is 20.6. The highest BCUT2D eigenvalue weighted by atomic mass is 32.2. The zero-order valence-corrected chi connectivity index (χ0v) is 25.7. The van der Waals surface area contributed by atoms with Crippen LogP contribution >= 0.6 is 0 Å². The molecule has 0 atom stereocenters. The number of aromatic nitrogens is 3. The summed E-state index contributed by atoms with van der Waals surface area (Å²) in [6.07, 6.45) is 10.5. The van der Waals surface area contributed by atoms with Gasteiger partial charge in [-0.25, -0.2) is 18.8 Å². The second-order valence-corrected chi connectivity index (χ2v) is 15.0. The van der Waals surface area contributed by atoms with E-state index in [2.05, 4.69) is 14.5 Å². The molecule has 4 aliphatic rings. The molecule has 1 N–H and O–H groups in total. The fourth-order valence-corrected chi connectivity index (χ4v) is 7.53. The first-order valence-corrected chi connectivity index (χ1v) is 17.0. The lowest BCUT2D eigenvalue weighted by molar-refractivity contribution is 0.0756. The summed E-state index contributed by atoms with van der Waals surface area (Å²) in [5, 5.41) is 5.93. The van der Waals surface area contributed by atoms with Gasteiger partial charge in [0.05, 0.1) is 22.5 Å². The molecule has 10 nitrogen and oxygen atoms in total. The van der Waals surface area contributed by atoms with Crippen LogP contribution in [0, 0.1) is 11.2 Å². The number of anilines is 1. The molecule has 3 aromatic rings. The van der Waals surface area contributed by atoms with Gasteiger partial charge in [-0.1, -0.05) is 6.42 Å². The Labute approximate surface area is 252 Å². The fraction of sp³-hybridized carbons (Fsp3) is 0.581. The molecule has 4 fully saturated rings. The maximum atomic E-state index is 13.9. The highest BCUT2D eigenvalue weighted by molar-refractivity contribution is 7.87. The first kappa shape index (κ1) is 28.7. The van der Waals surface area contributed by atoms with Gasteiger partial charge in [-0.3, -0.25) is 4.79 Å². The average Bonchev–Trinajstić information content (AvgIpc) is 3.74. The maximum absolute atomic E-state index is 13.9. The molecule has 4 heterocycles. The number of pyridine rings is 1. The van der Waals surface area contributed by atoms with E-state index in [-0.39, 0.29) is 17.4 Å². The van der Waals surface area contributed by atoms with Gasteiger partial charge in [-0.05, 0) is 100 Å². The highest BCUT2D eigenvalue weighted by Crippen LogP contribution is 2.47. The molecule has 0 radical (unpaired) electrons. The minimum Gasteiger partial charge on any atom is -0.371 e. The van der Waals surface area contributed by atoms with E-state index in [0.717, 1.165) is 72.3 Å². The van der Waals surface area contributed by atoms with Crippen molar-refractivity contribution in [3.63, 3.8) is 0 Å². The molecule has 12 heteroatoms. The van der Waals surface area contributed by atoms with Gasteiger partial charge >= 0.3 is 10.2 Å². The molecule has 7 rings (SSSR count). The topological polar surface area (TPSA) is 104 Å². The highest BCUT2D eigenvalue weighted by Gasteiger charge is 2.41. The number of likely N-dealkylation sites (tertiary alicyclic amines) is 1. The lowest BCUT2D eigenvalue weighted by atomic mass is 9.71. The Bertz CT molecular complexity index is 1630. The summed E-state index contributed by atoms with van der Waals surface area (Å²) in [5.74, 6) is -0.872. The second-order valence-electron chi connectivity index (χ2n) is 13.1. The Morgan fingerprint density at radius 3 is 2.23 bits per heavy atom. The van der Waals surface area contributed by atoms with Crippen LogP contribution < -0.4 is 9.62 Å². The number of nitrogens with one attached hydrogen (secondary N) is 1. The van der Waals surface area contributed by atoms with E-state index in [0.29, 0.717) is 16.7 Å². The van der Waals surface area contributed by atoms with Crippen LogP contribution in [0.4, 0.5) is 10.1 Å².